The summed E-state index contributed by atoms with van der Waals surface area (Å²) < 4.78 is 0. The minimum Gasteiger partial charge on any atom is -0.384 e. The van der Waals surface area contributed by atoms with Crippen LogP contribution in [0, 0.1) is 0 Å². The van der Waals surface area contributed by atoms with Gasteiger partial charge in [0.2, 0.25) is 0 Å². The molecular formula is C31H24N4O2. The first-order valence-electron chi connectivity index (χ1n) is 12.3. The van der Waals surface area contributed by atoms with E-state index in [4.69, 9.17) is 0 Å². The van der Waals surface area contributed by atoms with Crippen molar-refractivity contribution in [1.82, 2.24) is 4.90 Å². The SMILES string of the molecule is O=C1c2cccc3cccc(c23)C(=O)N1CCCNc1ccc(/N=N/c2ccccc2)c2ccccc12. The van der Waals surface area contributed by atoms with Crippen LogP contribution in [0.2, 0.25) is 0 Å². The van der Waals surface area contributed by atoms with Crippen LogP contribution in [0.15, 0.2) is 113 Å². The van der Waals surface area contributed by atoms with Crippen LogP contribution in [0.25, 0.3) is 21.5 Å². The van der Waals surface area contributed by atoms with Crippen LogP contribution in [0.4, 0.5) is 17.1 Å². The molecule has 5 aromatic rings. The maximum Gasteiger partial charge on any atom is 0.261 e. The van der Waals surface area contributed by atoms with E-state index >= 15 is 0 Å². The van der Waals surface area contributed by atoms with Gasteiger partial charge in [-0.25, -0.2) is 0 Å². The average Bonchev–Trinajstić information content (AvgIpc) is 2.95. The predicted molar refractivity (Wildman–Crippen MR) is 147 cm³/mol. The molecule has 2 amide bonds. The highest BCUT2D eigenvalue weighted by atomic mass is 16.2. The summed E-state index contributed by atoms with van der Waals surface area (Å²) in [7, 11) is 0. The molecule has 6 rings (SSSR count). The Labute approximate surface area is 214 Å². The Hall–Kier alpha value is -4.84. The lowest BCUT2D eigenvalue weighted by Crippen LogP contribution is -2.41. The summed E-state index contributed by atoms with van der Waals surface area (Å²) in [6.45, 7) is 0.953. The molecule has 1 N–H and O–H groups in total. The molecule has 0 aromatic heterocycles. The number of carbonyl (C=O) groups excluding carboxylic acids is 2. The minimum absolute atomic E-state index is 0.229. The van der Waals surface area contributed by atoms with Gasteiger partial charge in [0, 0.05) is 46.1 Å². The highest BCUT2D eigenvalue weighted by Gasteiger charge is 2.32. The summed E-state index contributed by atoms with van der Waals surface area (Å²) in [5.74, 6) is -0.458. The topological polar surface area (TPSA) is 74.1 Å². The Balaban J connectivity index is 1.16. The second kappa shape index (κ2) is 9.66. The van der Waals surface area contributed by atoms with Crippen LogP contribution in [0.1, 0.15) is 27.1 Å². The number of fused-ring (bicyclic) bond motifs is 1. The number of azo groups is 1. The lowest BCUT2D eigenvalue weighted by Gasteiger charge is -2.27. The van der Waals surface area contributed by atoms with E-state index in [-0.39, 0.29) is 11.8 Å². The Morgan fingerprint density at radius 1 is 0.649 bits per heavy atom. The second-order valence-electron chi connectivity index (χ2n) is 8.96. The number of anilines is 1. The van der Waals surface area contributed by atoms with Gasteiger partial charge >= 0.3 is 0 Å². The molecule has 0 aliphatic carbocycles. The second-order valence-corrected chi connectivity index (χ2v) is 8.96. The van der Waals surface area contributed by atoms with Crippen LogP contribution in [-0.4, -0.2) is 29.8 Å². The number of amides is 2. The van der Waals surface area contributed by atoms with Crippen molar-refractivity contribution in [3.8, 4) is 0 Å². The molecule has 0 radical (unpaired) electrons. The van der Waals surface area contributed by atoms with Crippen molar-refractivity contribution in [3.05, 3.63) is 114 Å². The first kappa shape index (κ1) is 22.6. The van der Waals surface area contributed by atoms with Gasteiger partial charge in [0.05, 0.1) is 11.4 Å². The molecule has 0 saturated heterocycles. The fraction of sp³-hybridized carbons (Fsp3) is 0.0968. The van der Waals surface area contributed by atoms with Crippen molar-refractivity contribution in [2.45, 2.75) is 6.42 Å². The van der Waals surface area contributed by atoms with Crippen molar-refractivity contribution in [1.29, 1.82) is 0 Å². The Morgan fingerprint density at radius 2 is 1.32 bits per heavy atom. The Kier molecular flexibility index (Phi) is 5.91. The van der Waals surface area contributed by atoms with E-state index in [9.17, 15) is 9.59 Å². The molecule has 180 valence electrons. The van der Waals surface area contributed by atoms with E-state index < -0.39 is 0 Å². The molecule has 0 unspecified atom stereocenters. The summed E-state index contributed by atoms with van der Waals surface area (Å²) in [5, 5.41) is 16.0. The monoisotopic (exact) mass is 484 g/mol. The number of imide groups is 1. The van der Waals surface area contributed by atoms with E-state index in [2.05, 4.69) is 21.6 Å². The number of benzene rings is 5. The third-order valence-electron chi connectivity index (χ3n) is 6.66. The van der Waals surface area contributed by atoms with Crippen LogP contribution in [0.5, 0.6) is 0 Å². The molecule has 6 heteroatoms. The Bertz CT molecular complexity index is 1630. The first-order valence-corrected chi connectivity index (χ1v) is 12.3. The van der Waals surface area contributed by atoms with E-state index in [0.717, 1.165) is 38.6 Å². The van der Waals surface area contributed by atoms with E-state index in [1.807, 2.05) is 84.9 Å². The summed E-state index contributed by atoms with van der Waals surface area (Å²) in [6.07, 6.45) is 0.624. The van der Waals surface area contributed by atoms with Crippen LogP contribution < -0.4 is 5.32 Å². The van der Waals surface area contributed by atoms with Gasteiger partial charge in [-0.3, -0.25) is 14.5 Å². The number of hydrogen-bond donors (Lipinski definition) is 1. The zero-order valence-electron chi connectivity index (χ0n) is 20.1. The molecule has 6 nitrogen and oxygen atoms in total. The largest absolute Gasteiger partial charge is 0.384 e. The zero-order chi connectivity index (χ0) is 25.2. The van der Waals surface area contributed by atoms with Crippen molar-refractivity contribution in [2.75, 3.05) is 18.4 Å². The average molecular weight is 485 g/mol. The lowest BCUT2D eigenvalue weighted by molar-refractivity contribution is 0.0610. The molecule has 0 spiro atoms. The molecule has 0 fully saturated rings. The van der Waals surface area contributed by atoms with Crippen molar-refractivity contribution >= 4 is 50.4 Å². The smallest absolute Gasteiger partial charge is 0.261 e. The summed E-state index contributed by atoms with van der Waals surface area (Å²) in [6, 6.07) is 32.8. The molecule has 1 aliphatic heterocycles. The maximum absolute atomic E-state index is 13.1. The first-order chi connectivity index (χ1) is 18.2. The number of nitrogens with zero attached hydrogens (tertiary/aromatic N) is 3. The van der Waals surface area contributed by atoms with Crippen LogP contribution in [0.3, 0.4) is 0 Å². The molecule has 0 saturated carbocycles. The van der Waals surface area contributed by atoms with Gasteiger partial charge in [-0.1, -0.05) is 66.7 Å². The number of hydrogen-bond acceptors (Lipinski definition) is 5. The van der Waals surface area contributed by atoms with Crippen LogP contribution >= 0.6 is 0 Å². The fourth-order valence-corrected chi connectivity index (χ4v) is 4.87. The van der Waals surface area contributed by atoms with Crippen molar-refractivity contribution < 1.29 is 9.59 Å². The molecule has 1 heterocycles. The molecule has 37 heavy (non-hydrogen) atoms. The normalized spacial score (nSPS) is 13.1. The van der Waals surface area contributed by atoms with Crippen molar-refractivity contribution in [2.24, 2.45) is 10.2 Å². The molecule has 5 aromatic carbocycles. The van der Waals surface area contributed by atoms with E-state index in [0.29, 0.717) is 30.6 Å². The number of carbonyl (C=O) groups is 2. The van der Waals surface area contributed by atoms with Crippen molar-refractivity contribution in [3.63, 3.8) is 0 Å². The van der Waals surface area contributed by atoms with Gasteiger partial charge in [-0.05, 0) is 48.2 Å². The zero-order valence-corrected chi connectivity index (χ0v) is 20.1. The molecule has 0 bridgehead atoms. The Morgan fingerprint density at radius 3 is 2.05 bits per heavy atom. The number of rotatable bonds is 7. The van der Waals surface area contributed by atoms with E-state index in [1.165, 1.54) is 4.90 Å². The fourth-order valence-electron chi connectivity index (χ4n) is 4.87. The summed E-state index contributed by atoms with van der Waals surface area (Å²) >= 11 is 0. The van der Waals surface area contributed by atoms with Gasteiger partial charge in [0.15, 0.2) is 0 Å². The summed E-state index contributed by atoms with van der Waals surface area (Å²) in [5.41, 5.74) is 3.75. The van der Waals surface area contributed by atoms with Crippen LogP contribution in [-0.2, 0) is 0 Å². The molecule has 0 atom stereocenters. The van der Waals surface area contributed by atoms with Gasteiger partial charge < -0.3 is 5.32 Å². The highest BCUT2D eigenvalue weighted by Crippen LogP contribution is 2.33. The van der Waals surface area contributed by atoms with Gasteiger partial charge in [0.1, 0.15) is 0 Å². The minimum atomic E-state index is -0.229. The third kappa shape index (κ3) is 4.23. The number of nitrogens with one attached hydrogen (secondary N) is 1. The van der Waals surface area contributed by atoms with E-state index in [1.54, 1.807) is 12.1 Å². The quantitative estimate of drug-likeness (QED) is 0.148. The van der Waals surface area contributed by atoms with Gasteiger partial charge in [-0.2, -0.15) is 5.11 Å². The maximum atomic E-state index is 13.1. The summed E-state index contributed by atoms with van der Waals surface area (Å²) in [4.78, 5) is 27.6. The molecule has 1 aliphatic rings. The molecular weight excluding hydrogens is 460 g/mol. The third-order valence-corrected chi connectivity index (χ3v) is 6.66. The highest BCUT2D eigenvalue weighted by molar-refractivity contribution is 6.25. The predicted octanol–water partition coefficient (Wildman–Crippen LogP) is 7.51. The lowest BCUT2D eigenvalue weighted by atomic mass is 9.94. The standard InChI is InChI=1S/C31H24N4O2/c36-30-25-15-6-9-21-10-7-16-26(29(21)25)31(37)35(30)20-8-19-32-27-17-18-28(24-14-5-4-13-23(24)27)34-33-22-11-2-1-3-12-22/h1-7,9-18,32H,8,19-20H2/b34-33+. The van der Waals surface area contributed by atoms with Gasteiger partial charge in [-0.15, -0.1) is 5.11 Å². The van der Waals surface area contributed by atoms with Gasteiger partial charge in [0.25, 0.3) is 11.8 Å².